The number of hydrogen-bond donors (Lipinski definition) is 1. The Labute approximate surface area is 134 Å². The summed E-state index contributed by atoms with van der Waals surface area (Å²) in [6.07, 6.45) is -3.41. The van der Waals surface area contributed by atoms with Crippen LogP contribution in [0.15, 0.2) is 35.1 Å². The van der Waals surface area contributed by atoms with Gasteiger partial charge in [0.1, 0.15) is 12.3 Å². The van der Waals surface area contributed by atoms with Crippen LogP contribution in [-0.4, -0.2) is 33.4 Å². The summed E-state index contributed by atoms with van der Waals surface area (Å²) in [5.41, 5.74) is -0.503. The predicted octanol–water partition coefficient (Wildman–Crippen LogP) is 2.73. The Kier molecular flexibility index (Phi) is 4.91. The van der Waals surface area contributed by atoms with Gasteiger partial charge in [-0.05, 0) is 24.6 Å². The van der Waals surface area contributed by atoms with Gasteiger partial charge in [-0.15, -0.1) is 0 Å². The van der Waals surface area contributed by atoms with E-state index in [1.54, 1.807) is 0 Å². The van der Waals surface area contributed by atoms with E-state index >= 15 is 0 Å². The second-order valence-electron chi connectivity index (χ2n) is 5.01. The molecule has 2 rings (SSSR count). The molecule has 0 unspecified atom stereocenters. The molecule has 2 aromatic rings. The van der Waals surface area contributed by atoms with Crippen molar-refractivity contribution in [1.29, 1.82) is 0 Å². The lowest BCUT2D eigenvalue weighted by atomic mass is 10.1. The lowest BCUT2D eigenvalue weighted by Gasteiger charge is -2.20. The number of carboxylic acids is 1. The number of nitrogens with zero attached hydrogens (tertiary/aromatic N) is 2. The topological polar surface area (TPSA) is 83.6 Å². The van der Waals surface area contributed by atoms with E-state index in [0.29, 0.717) is 5.56 Å². The molecule has 0 bridgehead atoms. The van der Waals surface area contributed by atoms with Crippen molar-refractivity contribution in [2.24, 2.45) is 0 Å². The zero-order chi connectivity index (χ0) is 17.9. The first-order chi connectivity index (χ1) is 11.2. The average Bonchev–Trinajstić information content (AvgIpc) is 2.91. The molecule has 0 fully saturated rings. The van der Waals surface area contributed by atoms with Crippen molar-refractivity contribution in [3.05, 3.63) is 53.2 Å². The summed E-state index contributed by atoms with van der Waals surface area (Å²) in [5, 5.41) is 8.94. The molecule has 1 heterocycles. The van der Waals surface area contributed by atoms with Crippen LogP contribution in [0.2, 0.25) is 0 Å². The van der Waals surface area contributed by atoms with E-state index in [9.17, 15) is 22.8 Å². The largest absolute Gasteiger partial charge is 0.480 e. The van der Waals surface area contributed by atoms with Crippen molar-refractivity contribution in [2.45, 2.75) is 19.6 Å². The maximum Gasteiger partial charge on any atom is 0.416 e. The standard InChI is InChI=1S/C15H13F3N2O4/c1-9-13(19-8-24-9)14(23)20(7-12(21)22)6-10-2-4-11(5-3-10)15(16,17)18/h2-5,8H,6-7H2,1H3,(H,21,22). The minimum Gasteiger partial charge on any atom is -0.480 e. The highest BCUT2D eigenvalue weighted by Gasteiger charge is 2.30. The van der Waals surface area contributed by atoms with Gasteiger partial charge in [0.2, 0.25) is 0 Å². The van der Waals surface area contributed by atoms with Gasteiger partial charge in [0, 0.05) is 6.54 Å². The van der Waals surface area contributed by atoms with Crippen LogP contribution < -0.4 is 0 Å². The lowest BCUT2D eigenvalue weighted by Crippen LogP contribution is -2.35. The zero-order valence-electron chi connectivity index (χ0n) is 12.5. The zero-order valence-corrected chi connectivity index (χ0v) is 12.5. The van der Waals surface area contributed by atoms with Crippen LogP contribution in [0.1, 0.15) is 27.4 Å². The molecule has 0 saturated carbocycles. The second-order valence-corrected chi connectivity index (χ2v) is 5.01. The number of amides is 1. The fourth-order valence-corrected chi connectivity index (χ4v) is 2.04. The molecule has 0 aliphatic rings. The number of halogens is 3. The Balaban J connectivity index is 2.21. The summed E-state index contributed by atoms with van der Waals surface area (Å²) >= 11 is 0. The monoisotopic (exact) mass is 342 g/mol. The van der Waals surface area contributed by atoms with E-state index in [2.05, 4.69) is 4.98 Å². The average molecular weight is 342 g/mol. The molecule has 0 aliphatic carbocycles. The minimum atomic E-state index is -4.47. The molecule has 1 N–H and O–H groups in total. The summed E-state index contributed by atoms with van der Waals surface area (Å²) in [5.74, 6) is -1.71. The number of carbonyl (C=O) groups is 2. The van der Waals surface area contributed by atoms with E-state index in [-0.39, 0.29) is 18.0 Å². The van der Waals surface area contributed by atoms with Gasteiger partial charge >= 0.3 is 12.1 Å². The predicted molar refractivity (Wildman–Crippen MR) is 75.1 cm³/mol. The number of carbonyl (C=O) groups excluding carboxylic acids is 1. The Morgan fingerprint density at radius 3 is 2.33 bits per heavy atom. The van der Waals surface area contributed by atoms with Crippen molar-refractivity contribution in [1.82, 2.24) is 9.88 Å². The van der Waals surface area contributed by atoms with E-state index in [1.165, 1.54) is 19.1 Å². The number of aryl methyl sites for hydroxylation is 1. The molecule has 6 nitrogen and oxygen atoms in total. The van der Waals surface area contributed by atoms with E-state index < -0.39 is 30.2 Å². The first-order valence-corrected chi connectivity index (χ1v) is 6.75. The smallest absolute Gasteiger partial charge is 0.416 e. The van der Waals surface area contributed by atoms with Crippen LogP contribution in [-0.2, 0) is 17.5 Å². The summed E-state index contributed by atoms with van der Waals surface area (Å²) in [6.45, 7) is 0.707. The number of alkyl halides is 3. The lowest BCUT2D eigenvalue weighted by molar-refractivity contribution is -0.138. The third kappa shape index (κ3) is 4.12. The Hall–Kier alpha value is -2.84. The molecule has 0 radical (unpaired) electrons. The van der Waals surface area contributed by atoms with Crippen LogP contribution in [0.5, 0.6) is 0 Å². The quantitative estimate of drug-likeness (QED) is 0.903. The third-order valence-electron chi connectivity index (χ3n) is 3.22. The van der Waals surface area contributed by atoms with Gasteiger partial charge in [-0.2, -0.15) is 13.2 Å². The van der Waals surface area contributed by atoms with E-state index in [4.69, 9.17) is 9.52 Å². The van der Waals surface area contributed by atoms with Crippen molar-refractivity contribution < 1.29 is 32.3 Å². The van der Waals surface area contributed by atoms with Gasteiger partial charge in [0.25, 0.3) is 5.91 Å². The Bertz CT molecular complexity index is 738. The SMILES string of the molecule is Cc1ocnc1C(=O)N(CC(=O)O)Cc1ccc(C(F)(F)F)cc1. The van der Waals surface area contributed by atoms with E-state index in [0.717, 1.165) is 23.4 Å². The van der Waals surface area contributed by atoms with Crippen LogP contribution in [0.25, 0.3) is 0 Å². The number of carboxylic acid groups (broad SMARTS) is 1. The highest BCUT2D eigenvalue weighted by molar-refractivity contribution is 5.94. The van der Waals surface area contributed by atoms with Crippen molar-refractivity contribution in [3.63, 3.8) is 0 Å². The number of rotatable bonds is 5. The highest BCUT2D eigenvalue weighted by Crippen LogP contribution is 2.29. The van der Waals surface area contributed by atoms with Gasteiger partial charge in [-0.25, -0.2) is 4.98 Å². The first-order valence-electron chi connectivity index (χ1n) is 6.75. The maximum absolute atomic E-state index is 12.6. The van der Waals surface area contributed by atoms with Gasteiger partial charge in [0.15, 0.2) is 12.1 Å². The molecule has 24 heavy (non-hydrogen) atoms. The van der Waals surface area contributed by atoms with Gasteiger partial charge in [-0.1, -0.05) is 12.1 Å². The summed E-state index contributed by atoms with van der Waals surface area (Å²) < 4.78 is 42.6. The number of aliphatic carboxylic acids is 1. The molecule has 128 valence electrons. The van der Waals surface area contributed by atoms with Crippen LogP contribution >= 0.6 is 0 Å². The molecular weight excluding hydrogens is 329 g/mol. The second kappa shape index (κ2) is 6.73. The molecule has 1 aromatic heterocycles. The molecule has 1 amide bonds. The number of aromatic nitrogens is 1. The molecular formula is C15H13F3N2O4. The van der Waals surface area contributed by atoms with E-state index in [1.807, 2.05) is 0 Å². The Morgan fingerprint density at radius 2 is 1.88 bits per heavy atom. The van der Waals surface area contributed by atoms with Crippen LogP contribution in [0.4, 0.5) is 13.2 Å². The summed E-state index contributed by atoms with van der Waals surface area (Å²) in [4.78, 5) is 28.0. The molecule has 0 saturated heterocycles. The number of oxazole rings is 1. The van der Waals surface area contributed by atoms with Gasteiger partial charge in [-0.3, -0.25) is 9.59 Å². The fourth-order valence-electron chi connectivity index (χ4n) is 2.04. The Morgan fingerprint density at radius 1 is 1.25 bits per heavy atom. The molecule has 1 aromatic carbocycles. The van der Waals surface area contributed by atoms with Gasteiger partial charge in [0.05, 0.1) is 5.56 Å². The normalized spacial score (nSPS) is 11.3. The summed E-state index contributed by atoms with van der Waals surface area (Å²) in [6, 6.07) is 4.14. The fraction of sp³-hybridized carbons (Fsp3) is 0.267. The van der Waals surface area contributed by atoms with Crippen molar-refractivity contribution in [3.8, 4) is 0 Å². The maximum atomic E-state index is 12.6. The van der Waals surface area contributed by atoms with Gasteiger partial charge < -0.3 is 14.4 Å². The van der Waals surface area contributed by atoms with Crippen molar-refractivity contribution in [2.75, 3.05) is 6.54 Å². The molecule has 0 atom stereocenters. The number of benzene rings is 1. The molecule has 0 spiro atoms. The first kappa shape index (κ1) is 17.5. The molecule has 0 aliphatic heterocycles. The number of hydrogen-bond acceptors (Lipinski definition) is 4. The third-order valence-corrected chi connectivity index (χ3v) is 3.22. The van der Waals surface area contributed by atoms with Crippen molar-refractivity contribution >= 4 is 11.9 Å². The summed E-state index contributed by atoms with van der Waals surface area (Å²) in [7, 11) is 0. The molecule has 9 heteroatoms. The van der Waals surface area contributed by atoms with Crippen LogP contribution in [0.3, 0.4) is 0 Å². The van der Waals surface area contributed by atoms with Crippen LogP contribution in [0, 0.1) is 6.92 Å². The minimum absolute atomic E-state index is 0.0387. The highest BCUT2D eigenvalue weighted by atomic mass is 19.4.